The van der Waals surface area contributed by atoms with E-state index in [1.54, 1.807) is 0 Å². The van der Waals surface area contributed by atoms with E-state index in [9.17, 15) is 4.79 Å². The first-order valence-corrected chi connectivity index (χ1v) is 10.1. The summed E-state index contributed by atoms with van der Waals surface area (Å²) in [5, 5.41) is 3.70. The van der Waals surface area contributed by atoms with Crippen molar-refractivity contribution in [3.05, 3.63) is 29.8 Å². The molecule has 1 aromatic rings. The normalized spacial score (nSPS) is 21.9. The number of nitrogens with one attached hydrogen (secondary N) is 1. The van der Waals surface area contributed by atoms with Gasteiger partial charge in [0.1, 0.15) is 0 Å². The number of carbonyl (C=O) groups is 1. The van der Waals surface area contributed by atoms with Crippen LogP contribution in [0.1, 0.15) is 44.2 Å². The third kappa shape index (κ3) is 3.95. The predicted octanol–water partition coefficient (Wildman–Crippen LogP) is 3.38. The Morgan fingerprint density at radius 3 is 2.58 bits per heavy atom. The van der Waals surface area contributed by atoms with Crippen LogP contribution in [0.25, 0.3) is 0 Å². The maximum atomic E-state index is 11.8. The lowest BCUT2D eigenvalue weighted by Gasteiger charge is -2.36. The molecule has 2 aliphatic rings. The first-order valence-electron chi connectivity index (χ1n) is 8.90. The smallest absolute Gasteiger partial charge is 0.227 e. The highest BCUT2D eigenvalue weighted by atomic mass is 32.2. The van der Waals surface area contributed by atoms with Crippen LogP contribution in [-0.4, -0.2) is 43.2 Å². The van der Waals surface area contributed by atoms with Gasteiger partial charge in [-0.3, -0.25) is 4.79 Å². The predicted molar refractivity (Wildman–Crippen MR) is 101 cm³/mol. The molecule has 2 heterocycles. The number of amides is 1. The molecule has 0 saturated carbocycles. The monoisotopic (exact) mass is 348 g/mol. The van der Waals surface area contributed by atoms with Crippen LogP contribution < -0.4 is 10.2 Å². The lowest BCUT2D eigenvalue weighted by Crippen LogP contribution is -2.43. The Bertz CT molecular complexity index is 555. The van der Waals surface area contributed by atoms with Crippen molar-refractivity contribution in [2.24, 2.45) is 0 Å². The number of thioether (sulfide) groups is 1. The van der Waals surface area contributed by atoms with Gasteiger partial charge in [0.25, 0.3) is 0 Å². The summed E-state index contributed by atoms with van der Waals surface area (Å²) >= 11 is 1.96. The van der Waals surface area contributed by atoms with Crippen LogP contribution in [0.3, 0.4) is 0 Å². The van der Waals surface area contributed by atoms with Crippen molar-refractivity contribution in [1.29, 1.82) is 0 Å². The van der Waals surface area contributed by atoms with E-state index in [-0.39, 0.29) is 5.91 Å². The first kappa shape index (κ1) is 17.8. The number of benzene rings is 1. The second kappa shape index (κ2) is 7.89. The minimum Gasteiger partial charge on any atom is -0.381 e. The van der Waals surface area contributed by atoms with E-state index in [4.69, 9.17) is 4.74 Å². The largest absolute Gasteiger partial charge is 0.381 e. The topological polar surface area (TPSA) is 41.6 Å². The molecule has 4 nitrogen and oxygen atoms in total. The number of hydrogen-bond acceptors (Lipinski definition) is 4. The fraction of sp³-hybridized carbons (Fsp3) is 0.632. The van der Waals surface area contributed by atoms with Gasteiger partial charge in [-0.1, -0.05) is 12.1 Å². The molecule has 1 aromatic carbocycles. The summed E-state index contributed by atoms with van der Waals surface area (Å²) in [5.41, 5.74) is 2.30. The lowest BCUT2D eigenvalue weighted by molar-refractivity contribution is -0.117. The molecular formula is C19H28N2O2S. The minimum atomic E-state index is 0.246. The van der Waals surface area contributed by atoms with Gasteiger partial charge < -0.3 is 15.0 Å². The Labute approximate surface area is 149 Å². The Morgan fingerprint density at radius 2 is 2.00 bits per heavy atom. The van der Waals surface area contributed by atoms with Crippen LogP contribution in [0.5, 0.6) is 0 Å². The van der Waals surface area contributed by atoms with Gasteiger partial charge in [-0.25, -0.2) is 0 Å². The fourth-order valence-corrected chi connectivity index (χ4v) is 4.32. The summed E-state index contributed by atoms with van der Waals surface area (Å²) in [6.07, 6.45) is 6.09. The highest BCUT2D eigenvalue weighted by molar-refractivity contribution is 8.00. The molecule has 2 aliphatic heterocycles. The summed E-state index contributed by atoms with van der Waals surface area (Å²) in [4.78, 5) is 13.7. The van der Waals surface area contributed by atoms with Crippen LogP contribution in [-0.2, 0) is 9.53 Å². The van der Waals surface area contributed by atoms with E-state index < -0.39 is 0 Å². The van der Waals surface area contributed by atoms with Crippen LogP contribution >= 0.6 is 11.8 Å². The zero-order chi connectivity index (χ0) is 17.0. The average molecular weight is 349 g/mol. The third-order valence-electron chi connectivity index (χ3n) is 5.35. The van der Waals surface area contributed by atoms with Crippen LogP contribution in [0.2, 0.25) is 0 Å². The number of anilines is 1. The van der Waals surface area contributed by atoms with E-state index in [1.807, 2.05) is 16.7 Å². The standard InChI is InChI=1S/C19H28N2O2S/c1-15(20-14-19(24-2)9-12-23-13-10-19)16-5-7-17(8-6-16)21-11-3-4-18(21)22/h5-8,15,20H,3-4,9-14H2,1-2H3. The molecule has 3 rings (SSSR count). The van der Waals surface area contributed by atoms with E-state index >= 15 is 0 Å². The summed E-state index contributed by atoms with van der Waals surface area (Å²) in [7, 11) is 0. The quantitative estimate of drug-likeness (QED) is 0.856. The van der Waals surface area contributed by atoms with Crippen LogP contribution in [0.4, 0.5) is 5.69 Å². The maximum Gasteiger partial charge on any atom is 0.227 e. The number of ether oxygens (including phenoxy) is 1. The molecule has 2 fully saturated rings. The maximum absolute atomic E-state index is 11.8. The molecule has 2 saturated heterocycles. The van der Waals surface area contributed by atoms with Crippen molar-refractivity contribution in [3.8, 4) is 0 Å². The van der Waals surface area contributed by atoms with Gasteiger partial charge in [-0.05, 0) is 50.1 Å². The number of carbonyl (C=O) groups excluding carboxylic acids is 1. The van der Waals surface area contributed by atoms with E-state index in [0.29, 0.717) is 17.2 Å². The second-order valence-electron chi connectivity index (χ2n) is 6.84. The Hall–Kier alpha value is -1.04. The summed E-state index contributed by atoms with van der Waals surface area (Å²) in [5.74, 6) is 0.246. The Kier molecular flexibility index (Phi) is 5.85. The van der Waals surface area contributed by atoms with Gasteiger partial charge in [0.05, 0.1) is 0 Å². The highest BCUT2D eigenvalue weighted by Crippen LogP contribution is 2.33. The molecule has 1 amide bonds. The zero-order valence-corrected chi connectivity index (χ0v) is 15.5. The van der Waals surface area contributed by atoms with Gasteiger partial charge in [0.2, 0.25) is 5.91 Å². The van der Waals surface area contributed by atoms with Crippen LogP contribution in [0.15, 0.2) is 24.3 Å². The molecular weight excluding hydrogens is 320 g/mol. The Morgan fingerprint density at radius 1 is 1.29 bits per heavy atom. The van der Waals surface area contributed by atoms with Crippen molar-refractivity contribution < 1.29 is 9.53 Å². The molecule has 5 heteroatoms. The number of rotatable bonds is 6. The lowest BCUT2D eigenvalue weighted by atomic mass is 9.98. The summed E-state index contributed by atoms with van der Waals surface area (Å²) in [6, 6.07) is 8.76. The molecule has 0 radical (unpaired) electrons. The average Bonchev–Trinajstić information content (AvgIpc) is 3.06. The Balaban J connectivity index is 1.58. The molecule has 1 N–H and O–H groups in total. The van der Waals surface area contributed by atoms with Crippen molar-refractivity contribution >= 4 is 23.4 Å². The molecule has 0 aromatic heterocycles. The molecule has 1 atom stereocenters. The summed E-state index contributed by atoms with van der Waals surface area (Å²) in [6.45, 7) is 5.81. The van der Waals surface area contributed by atoms with Gasteiger partial charge in [0, 0.05) is 49.2 Å². The molecule has 0 spiro atoms. The molecule has 0 aliphatic carbocycles. The van der Waals surface area contributed by atoms with Gasteiger partial charge >= 0.3 is 0 Å². The SMILES string of the molecule is CSC1(CNC(C)c2ccc(N3CCCC3=O)cc2)CCOCC1. The number of hydrogen-bond donors (Lipinski definition) is 1. The summed E-state index contributed by atoms with van der Waals surface area (Å²) < 4.78 is 5.82. The first-order chi connectivity index (χ1) is 11.6. The van der Waals surface area contributed by atoms with Gasteiger partial charge in [-0.2, -0.15) is 11.8 Å². The van der Waals surface area contributed by atoms with Crippen molar-refractivity contribution in [3.63, 3.8) is 0 Å². The molecule has 24 heavy (non-hydrogen) atoms. The van der Waals surface area contributed by atoms with Crippen LogP contribution in [0, 0.1) is 0 Å². The molecule has 0 bridgehead atoms. The minimum absolute atomic E-state index is 0.246. The highest BCUT2D eigenvalue weighted by Gasteiger charge is 2.31. The van der Waals surface area contributed by atoms with Gasteiger partial charge in [-0.15, -0.1) is 0 Å². The van der Waals surface area contributed by atoms with E-state index in [0.717, 1.165) is 51.3 Å². The molecule has 1 unspecified atom stereocenters. The second-order valence-corrected chi connectivity index (χ2v) is 8.12. The zero-order valence-electron chi connectivity index (χ0n) is 14.7. The molecule has 132 valence electrons. The van der Waals surface area contributed by atoms with E-state index in [2.05, 4.69) is 42.8 Å². The van der Waals surface area contributed by atoms with E-state index in [1.165, 1.54) is 5.56 Å². The van der Waals surface area contributed by atoms with Crippen molar-refractivity contribution in [2.45, 2.75) is 43.4 Å². The van der Waals surface area contributed by atoms with Crippen molar-refractivity contribution in [2.75, 3.05) is 37.5 Å². The fourth-order valence-electron chi connectivity index (χ4n) is 3.52. The number of nitrogens with zero attached hydrogens (tertiary/aromatic N) is 1. The van der Waals surface area contributed by atoms with Gasteiger partial charge in [0.15, 0.2) is 0 Å². The van der Waals surface area contributed by atoms with Crippen molar-refractivity contribution in [1.82, 2.24) is 5.32 Å². The third-order valence-corrected chi connectivity index (χ3v) is 6.76.